The molecule has 0 amide bonds. The molecule has 17 heavy (non-hydrogen) atoms. The molecular formula is C9H13ClN6S. The van der Waals surface area contributed by atoms with E-state index in [0.29, 0.717) is 23.5 Å². The van der Waals surface area contributed by atoms with Crippen molar-refractivity contribution in [2.75, 3.05) is 20.1 Å². The maximum Gasteiger partial charge on any atom is 0.204 e. The van der Waals surface area contributed by atoms with Gasteiger partial charge >= 0.3 is 0 Å². The summed E-state index contributed by atoms with van der Waals surface area (Å²) >= 11 is 7.13. The number of nitriles is 1. The monoisotopic (exact) mass is 272 g/mol. The third-order valence-corrected chi connectivity index (χ3v) is 2.85. The van der Waals surface area contributed by atoms with E-state index in [2.05, 4.69) is 25.9 Å². The standard InChI is InChI=1S/C9H13ClN6S/c1-12-9(15-6-11)14-3-2-13-4-7-5-17-8(10)16-7/h5,13H,2-4H2,1H3,(H2,12,14,15). The summed E-state index contributed by atoms with van der Waals surface area (Å²) in [6, 6.07) is 0. The number of rotatable bonds is 5. The number of thiazole rings is 1. The molecule has 0 spiro atoms. The van der Waals surface area contributed by atoms with Gasteiger partial charge in [0.05, 0.1) is 5.69 Å². The second kappa shape index (κ2) is 7.84. The maximum absolute atomic E-state index is 8.40. The van der Waals surface area contributed by atoms with Crippen LogP contribution >= 0.6 is 22.9 Å². The molecular weight excluding hydrogens is 260 g/mol. The molecule has 1 aromatic heterocycles. The Labute approximate surface area is 109 Å². The lowest BCUT2D eigenvalue weighted by atomic mass is 10.5. The first kappa shape index (κ1) is 13.7. The SMILES string of the molecule is C/N=C(\NC#N)NCCNCc1csc(Cl)n1. The van der Waals surface area contributed by atoms with E-state index in [1.54, 1.807) is 13.2 Å². The van der Waals surface area contributed by atoms with Gasteiger partial charge in [0, 0.05) is 32.1 Å². The third kappa shape index (κ3) is 5.49. The highest BCUT2D eigenvalue weighted by atomic mass is 35.5. The van der Waals surface area contributed by atoms with E-state index in [-0.39, 0.29) is 0 Å². The minimum absolute atomic E-state index is 0.464. The maximum atomic E-state index is 8.40. The van der Waals surface area contributed by atoms with Crippen molar-refractivity contribution < 1.29 is 0 Å². The third-order valence-electron chi connectivity index (χ3n) is 1.82. The molecule has 1 aromatic rings. The van der Waals surface area contributed by atoms with Gasteiger partial charge in [-0.1, -0.05) is 11.6 Å². The minimum atomic E-state index is 0.464. The van der Waals surface area contributed by atoms with Crippen LogP contribution in [0.3, 0.4) is 0 Å². The average molecular weight is 273 g/mol. The number of hydrogen-bond donors (Lipinski definition) is 3. The highest BCUT2D eigenvalue weighted by Crippen LogP contribution is 2.14. The Kier molecular flexibility index (Phi) is 6.32. The van der Waals surface area contributed by atoms with Crippen LogP contribution in [0.4, 0.5) is 0 Å². The molecule has 0 unspecified atom stereocenters. The highest BCUT2D eigenvalue weighted by Gasteiger charge is 1.98. The van der Waals surface area contributed by atoms with E-state index in [9.17, 15) is 0 Å². The Morgan fingerprint density at radius 2 is 2.47 bits per heavy atom. The molecule has 0 saturated heterocycles. The second-order valence-electron chi connectivity index (χ2n) is 3.00. The van der Waals surface area contributed by atoms with Gasteiger partial charge in [0.1, 0.15) is 0 Å². The largest absolute Gasteiger partial charge is 0.354 e. The average Bonchev–Trinajstić information content (AvgIpc) is 2.73. The molecule has 0 bridgehead atoms. The lowest BCUT2D eigenvalue weighted by Crippen LogP contribution is -2.38. The van der Waals surface area contributed by atoms with Crippen molar-refractivity contribution in [3.8, 4) is 6.19 Å². The highest BCUT2D eigenvalue weighted by molar-refractivity contribution is 7.13. The summed E-state index contributed by atoms with van der Waals surface area (Å²) < 4.78 is 0.554. The van der Waals surface area contributed by atoms with Gasteiger partial charge in [0.25, 0.3) is 0 Å². The zero-order valence-electron chi connectivity index (χ0n) is 9.33. The molecule has 1 rings (SSSR count). The first-order valence-electron chi connectivity index (χ1n) is 4.92. The van der Waals surface area contributed by atoms with Crippen molar-refractivity contribution in [1.82, 2.24) is 20.9 Å². The van der Waals surface area contributed by atoms with E-state index in [1.165, 1.54) is 11.3 Å². The van der Waals surface area contributed by atoms with Crippen LogP contribution in [0, 0.1) is 11.5 Å². The van der Waals surface area contributed by atoms with Gasteiger partial charge in [-0.15, -0.1) is 11.3 Å². The van der Waals surface area contributed by atoms with Crippen molar-refractivity contribution in [2.24, 2.45) is 4.99 Å². The Hall–Kier alpha value is -1.36. The summed E-state index contributed by atoms with van der Waals surface area (Å²) in [6.45, 7) is 2.08. The summed E-state index contributed by atoms with van der Waals surface area (Å²) in [4.78, 5) is 7.96. The number of hydrogen-bond acceptors (Lipinski definition) is 5. The number of halogens is 1. The predicted molar refractivity (Wildman–Crippen MR) is 68.9 cm³/mol. The van der Waals surface area contributed by atoms with Gasteiger partial charge in [-0.05, 0) is 0 Å². The van der Waals surface area contributed by atoms with Crippen LogP contribution in [0.1, 0.15) is 5.69 Å². The van der Waals surface area contributed by atoms with Gasteiger partial charge in [0.2, 0.25) is 5.96 Å². The summed E-state index contributed by atoms with van der Waals surface area (Å²) in [5.41, 5.74) is 0.930. The molecule has 1 heterocycles. The van der Waals surface area contributed by atoms with Crippen LogP contribution < -0.4 is 16.0 Å². The van der Waals surface area contributed by atoms with E-state index in [0.717, 1.165) is 12.2 Å². The van der Waals surface area contributed by atoms with Crippen LogP contribution in [0.2, 0.25) is 4.47 Å². The van der Waals surface area contributed by atoms with Gasteiger partial charge in [-0.2, -0.15) is 5.26 Å². The van der Waals surface area contributed by atoms with Gasteiger partial charge in [-0.3, -0.25) is 10.3 Å². The quantitative estimate of drug-likeness (QED) is 0.239. The zero-order chi connectivity index (χ0) is 12.5. The zero-order valence-corrected chi connectivity index (χ0v) is 10.9. The molecule has 6 nitrogen and oxygen atoms in total. The molecule has 0 aromatic carbocycles. The van der Waals surface area contributed by atoms with Crippen LogP contribution in [0.5, 0.6) is 0 Å². The van der Waals surface area contributed by atoms with Crippen molar-refractivity contribution >= 4 is 28.9 Å². The summed E-state index contributed by atoms with van der Waals surface area (Å²) in [5, 5.41) is 18.9. The van der Waals surface area contributed by atoms with Crippen molar-refractivity contribution in [3.05, 3.63) is 15.5 Å². The van der Waals surface area contributed by atoms with Crippen LogP contribution in [0.25, 0.3) is 0 Å². The fourth-order valence-electron chi connectivity index (χ4n) is 1.08. The van der Waals surface area contributed by atoms with E-state index in [4.69, 9.17) is 16.9 Å². The second-order valence-corrected chi connectivity index (χ2v) is 4.44. The van der Waals surface area contributed by atoms with Crippen molar-refractivity contribution in [2.45, 2.75) is 6.54 Å². The fourth-order valence-corrected chi connectivity index (χ4v) is 1.86. The number of aromatic nitrogens is 1. The Bertz CT molecular complexity index is 410. The smallest absolute Gasteiger partial charge is 0.204 e. The summed E-state index contributed by atoms with van der Waals surface area (Å²) in [6.07, 6.45) is 1.80. The van der Waals surface area contributed by atoms with Gasteiger partial charge in [0.15, 0.2) is 10.7 Å². The van der Waals surface area contributed by atoms with Crippen molar-refractivity contribution in [1.29, 1.82) is 5.26 Å². The first-order chi connectivity index (χ1) is 8.26. The number of aliphatic imine (C=N–C) groups is 1. The van der Waals surface area contributed by atoms with Crippen molar-refractivity contribution in [3.63, 3.8) is 0 Å². The fraction of sp³-hybridized carbons (Fsp3) is 0.444. The molecule has 0 saturated carbocycles. The lowest BCUT2D eigenvalue weighted by Gasteiger charge is -2.07. The Morgan fingerprint density at radius 1 is 1.65 bits per heavy atom. The molecule has 92 valence electrons. The summed E-state index contributed by atoms with van der Waals surface area (Å²) in [5.74, 6) is 0.464. The Morgan fingerprint density at radius 3 is 3.06 bits per heavy atom. The Balaban J connectivity index is 2.11. The molecule has 8 heteroatoms. The van der Waals surface area contributed by atoms with Gasteiger partial charge in [-0.25, -0.2) is 4.98 Å². The molecule has 3 N–H and O–H groups in total. The topological polar surface area (TPSA) is 85.1 Å². The molecule has 0 aliphatic carbocycles. The number of guanidine groups is 1. The van der Waals surface area contributed by atoms with E-state index in [1.807, 2.05) is 5.38 Å². The minimum Gasteiger partial charge on any atom is -0.354 e. The lowest BCUT2D eigenvalue weighted by molar-refractivity contribution is 0.661. The molecule has 0 atom stereocenters. The molecule has 0 aliphatic rings. The number of nitrogens with one attached hydrogen (secondary N) is 3. The predicted octanol–water partition coefficient (Wildman–Crippen LogP) is 0.532. The first-order valence-corrected chi connectivity index (χ1v) is 6.18. The summed E-state index contributed by atoms with van der Waals surface area (Å²) in [7, 11) is 1.61. The molecule has 0 radical (unpaired) electrons. The van der Waals surface area contributed by atoms with Crippen LogP contribution in [-0.2, 0) is 6.54 Å². The van der Waals surface area contributed by atoms with Gasteiger partial charge < -0.3 is 10.6 Å². The van der Waals surface area contributed by atoms with E-state index < -0.39 is 0 Å². The van der Waals surface area contributed by atoms with Crippen LogP contribution in [-0.4, -0.2) is 31.1 Å². The number of nitrogens with zero attached hydrogens (tertiary/aromatic N) is 3. The molecule has 0 aliphatic heterocycles. The van der Waals surface area contributed by atoms with Crippen LogP contribution in [0.15, 0.2) is 10.4 Å². The van der Waals surface area contributed by atoms with E-state index >= 15 is 0 Å². The molecule has 0 fully saturated rings. The normalized spacial score (nSPS) is 11.0.